The molecule has 1 aromatic carbocycles. The van der Waals surface area contributed by atoms with Gasteiger partial charge in [-0.15, -0.1) is 0 Å². The number of furan rings is 1. The lowest BCUT2D eigenvalue weighted by Gasteiger charge is -2.54. The number of urea groups is 1. The number of nitrogens with zero attached hydrogens (tertiary/aromatic N) is 4. The summed E-state index contributed by atoms with van der Waals surface area (Å²) in [5, 5.41) is 14.8. The van der Waals surface area contributed by atoms with Gasteiger partial charge in [-0.3, -0.25) is 14.4 Å². The molecule has 0 aliphatic carbocycles. The fraction of sp³-hybridized carbons (Fsp3) is 0.391. The van der Waals surface area contributed by atoms with E-state index >= 15 is 0 Å². The lowest BCUT2D eigenvalue weighted by Crippen LogP contribution is -2.75. The number of likely N-dealkylation sites (N-methyl/N-ethyl adjacent to an activating group) is 1. The Morgan fingerprint density at radius 1 is 1.20 bits per heavy atom. The quantitative estimate of drug-likeness (QED) is 0.601. The van der Waals surface area contributed by atoms with Crippen molar-refractivity contribution in [2.24, 2.45) is 0 Å². The summed E-state index contributed by atoms with van der Waals surface area (Å²) in [6.07, 6.45) is 0.236. The number of halogens is 1. The van der Waals surface area contributed by atoms with Crippen LogP contribution in [0.4, 0.5) is 9.18 Å². The Morgan fingerprint density at radius 3 is 2.60 bits per heavy atom. The van der Waals surface area contributed by atoms with E-state index in [0.29, 0.717) is 11.3 Å². The first kappa shape index (κ1) is 24.2. The number of hydrazine groups is 1. The molecule has 0 unspecified atom stereocenters. The second-order valence-corrected chi connectivity index (χ2v) is 8.47. The Morgan fingerprint density at radius 2 is 1.94 bits per heavy atom. The van der Waals surface area contributed by atoms with Gasteiger partial charge < -0.3 is 24.6 Å². The molecule has 4 rings (SSSR count). The van der Waals surface area contributed by atoms with E-state index in [-0.39, 0.29) is 50.7 Å². The zero-order valence-corrected chi connectivity index (χ0v) is 19.1. The molecule has 186 valence electrons. The number of benzene rings is 1. The predicted octanol–water partition coefficient (Wildman–Crippen LogP) is 1.22. The average Bonchev–Trinajstić information content (AvgIpc) is 3.32. The normalized spacial score (nSPS) is 20.7. The smallest absolute Gasteiger partial charge is 0.334 e. The number of rotatable bonds is 7. The van der Waals surface area contributed by atoms with Crippen LogP contribution in [0.1, 0.15) is 24.2 Å². The summed E-state index contributed by atoms with van der Waals surface area (Å²) in [5.41, 5.74) is 0.685. The van der Waals surface area contributed by atoms with Crippen LogP contribution >= 0.6 is 0 Å². The third-order valence-electron chi connectivity index (χ3n) is 6.06. The second-order valence-electron chi connectivity index (χ2n) is 8.47. The standard InChI is InChI=1S/C23H26FN5O6/c1-26-14-20(30)28-18(8-9-21(31)32)22(33)27(12-17-3-2-10-35-17)13-19(28)29(26)23(34)25-11-15-4-6-16(24)7-5-15/h2-7,10,18-19H,8-9,11-14H2,1H3,(H,25,34)(H,31,32)/t18-,19-/m0/s1. The average molecular weight is 487 g/mol. The second kappa shape index (κ2) is 10.1. The van der Waals surface area contributed by atoms with Crippen LogP contribution in [0.25, 0.3) is 0 Å². The SMILES string of the molecule is CN1CC(=O)N2[C@@H](CCC(=O)O)C(=O)N(Cc3ccco3)C[C@@H]2N1C(=O)NCc1ccc(F)cc1. The maximum Gasteiger partial charge on any atom is 0.334 e. The number of carboxylic acid groups (broad SMARTS) is 1. The van der Waals surface area contributed by atoms with Crippen molar-refractivity contribution in [3.63, 3.8) is 0 Å². The zero-order valence-electron chi connectivity index (χ0n) is 19.1. The van der Waals surface area contributed by atoms with Crippen LogP contribution in [0.3, 0.4) is 0 Å². The molecule has 2 N–H and O–H groups in total. The largest absolute Gasteiger partial charge is 0.481 e. The van der Waals surface area contributed by atoms with E-state index in [4.69, 9.17) is 4.42 Å². The summed E-state index contributed by atoms with van der Waals surface area (Å²) in [4.78, 5) is 53.6. The molecule has 11 nitrogen and oxygen atoms in total. The van der Waals surface area contributed by atoms with Crippen molar-refractivity contribution in [1.82, 2.24) is 25.1 Å². The van der Waals surface area contributed by atoms with E-state index in [2.05, 4.69) is 5.32 Å². The van der Waals surface area contributed by atoms with Gasteiger partial charge in [-0.05, 0) is 36.2 Å². The van der Waals surface area contributed by atoms with Gasteiger partial charge in [0.2, 0.25) is 11.8 Å². The van der Waals surface area contributed by atoms with Crippen LogP contribution in [0.15, 0.2) is 47.1 Å². The summed E-state index contributed by atoms with van der Waals surface area (Å²) in [7, 11) is 1.59. The van der Waals surface area contributed by atoms with E-state index in [0.717, 1.165) is 0 Å². The van der Waals surface area contributed by atoms with Crippen LogP contribution in [0.2, 0.25) is 0 Å². The molecule has 3 heterocycles. The third-order valence-corrected chi connectivity index (χ3v) is 6.06. The highest BCUT2D eigenvalue weighted by molar-refractivity contribution is 5.91. The molecule has 12 heteroatoms. The van der Waals surface area contributed by atoms with Crippen molar-refractivity contribution < 1.29 is 33.1 Å². The lowest BCUT2D eigenvalue weighted by atomic mass is 10.0. The van der Waals surface area contributed by atoms with Gasteiger partial charge in [0.15, 0.2) is 0 Å². The summed E-state index contributed by atoms with van der Waals surface area (Å²) in [6.45, 7) is 0.100. The molecular formula is C23H26FN5O6. The number of carboxylic acids is 1. The molecule has 35 heavy (non-hydrogen) atoms. The number of hydrogen-bond donors (Lipinski definition) is 2. The van der Waals surface area contributed by atoms with Crippen molar-refractivity contribution >= 4 is 23.8 Å². The van der Waals surface area contributed by atoms with Crippen molar-refractivity contribution in [3.05, 3.63) is 59.8 Å². The van der Waals surface area contributed by atoms with E-state index < -0.39 is 30.1 Å². The molecule has 2 saturated heterocycles. The Bertz CT molecular complexity index is 1090. The molecule has 0 saturated carbocycles. The van der Waals surface area contributed by atoms with E-state index in [1.54, 1.807) is 31.3 Å². The van der Waals surface area contributed by atoms with Crippen LogP contribution in [-0.4, -0.2) is 81.1 Å². The Kier molecular flexibility index (Phi) is 7.01. The minimum atomic E-state index is -1.09. The number of carbonyl (C=O) groups excluding carboxylic acids is 3. The first-order valence-electron chi connectivity index (χ1n) is 11.1. The number of carbonyl (C=O) groups is 4. The van der Waals surface area contributed by atoms with Gasteiger partial charge in [0, 0.05) is 20.0 Å². The van der Waals surface area contributed by atoms with Crippen LogP contribution in [-0.2, 0) is 27.5 Å². The molecule has 1 aromatic heterocycles. The van der Waals surface area contributed by atoms with Crippen molar-refractivity contribution in [1.29, 1.82) is 0 Å². The molecule has 2 fully saturated rings. The van der Waals surface area contributed by atoms with Crippen LogP contribution in [0.5, 0.6) is 0 Å². The Hall–Kier alpha value is -3.93. The maximum absolute atomic E-state index is 13.3. The fourth-order valence-corrected chi connectivity index (χ4v) is 4.44. The summed E-state index contributed by atoms with van der Waals surface area (Å²) in [5.74, 6) is -1.73. The van der Waals surface area contributed by atoms with Gasteiger partial charge >= 0.3 is 12.0 Å². The number of aliphatic carboxylic acids is 1. The molecular weight excluding hydrogens is 461 g/mol. The summed E-state index contributed by atoms with van der Waals surface area (Å²) >= 11 is 0. The van der Waals surface area contributed by atoms with E-state index in [1.165, 1.54) is 38.2 Å². The highest BCUT2D eigenvalue weighted by atomic mass is 19.1. The minimum Gasteiger partial charge on any atom is -0.481 e. The van der Waals surface area contributed by atoms with E-state index in [1.807, 2.05) is 0 Å². The topological polar surface area (TPSA) is 127 Å². The first-order valence-corrected chi connectivity index (χ1v) is 11.1. The number of hydrogen-bond acceptors (Lipinski definition) is 6. The molecule has 4 amide bonds. The minimum absolute atomic E-state index is 0.0170. The zero-order chi connectivity index (χ0) is 25.1. The number of nitrogens with one attached hydrogen (secondary N) is 1. The van der Waals surface area contributed by atoms with Crippen LogP contribution < -0.4 is 5.32 Å². The van der Waals surface area contributed by atoms with Gasteiger partial charge in [-0.25, -0.2) is 19.2 Å². The van der Waals surface area contributed by atoms with Crippen molar-refractivity contribution in [3.8, 4) is 0 Å². The van der Waals surface area contributed by atoms with Gasteiger partial charge in [0.05, 0.1) is 25.9 Å². The third kappa shape index (κ3) is 5.27. The number of amides is 4. The highest BCUT2D eigenvalue weighted by Crippen LogP contribution is 2.29. The van der Waals surface area contributed by atoms with Gasteiger partial charge in [-0.1, -0.05) is 12.1 Å². The van der Waals surface area contributed by atoms with Gasteiger partial charge in [0.25, 0.3) is 0 Å². The molecule has 0 bridgehead atoms. The van der Waals surface area contributed by atoms with Gasteiger partial charge in [-0.2, -0.15) is 0 Å². The monoisotopic (exact) mass is 487 g/mol. The Balaban J connectivity index is 1.59. The van der Waals surface area contributed by atoms with Crippen molar-refractivity contribution in [2.75, 3.05) is 20.1 Å². The highest BCUT2D eigenvalue weighted by Gasteiger charge is 2.50. The summed E-state index contributed by atoms with van der Waals surface area (Å²) < 4.78 is 18.6. The molecule has 2 aliphatic heterocycles. The maximum atomic E-state index is 13.3. The molecule has 0 radical (unpaired) electrons. The molecule has 0 spiro atoms. The molecule has 2 atom stereocenters. The van der Waals surface area contributed by atoms with Crippen molar-refractivity contribution in [2.45, 2.75) is 38.1 Å². The first-order chi connectivity index (χ1) is 16.7. The van der Waals surface area contributed by atoms with Crippen LogP contribution in [0, 0.1) is 5.82 Å². The summed E-state index contributed by atoms with van der Waals surface area (Å²) in [6, 6.07) is 7.54. The molecule has 2 aliphatic rings. The lowest BCUT2D eigenvalue weighted by molar-refractivity contribution is -0.188. The molecule has 2 aromatic rings. The van der Waals surface area contributed by atoms with Gasteiger partial charge in [0.1, 0.15) is 23.8 Å². The Labute approximate surface area is 200 Å². The van der Waals surface area contributed by atoms with E-state index in [9.17, 15) is 28.7 Å². The number of fused-ring (bicyclic) bond motifs is 1. The fourth-order valence-electron chi connectivity index (χ4n) is 4.44. The number of piperazine rings is 1. The predicted molar refractivity (Wildman–Crippen MR) is 119 cm³/mol.